The van der Waals surface area contributed by atoms with Gasteiger partial charge in [0.25, 0.3) is 10.0 Å². The highest BCUT2D eigenvalue weighted by Crippen LogP contribution is 2.30. The monoisotopic (exact) mass is 349 g/mol. The second-order valence-corrected chi connectivity index (χ2v) is 6.41. The first-order valence-electron chi connectivity index (χ1n) is 5.50. The van der Waals surface area contributed by atoms with E-state index >= 15 is 0 Å². The van der Waals surface area contributed by atoms with Gasteiger partial charge in [0, 0.05) is 6.20 Å². The third-order valence-corrected chi connectivity index (χ3v) is 4.71. The molecule has 0 amide bonds. The molecule has 0 aliphatic rings. The van der Waals surface area contributed by atoms with E-state index in [1.54, 1.807) is 0 Å². The van der Waals surface area contributed by atoms with Gasteiger partial charge in [-0.1, -0.05) is 29.3 Å². The van der Waals surface area contributed by atoms with Crippen LogP contribution in [0.2, 0.25) is 10.0 Å². The van der Waals surface area contributed by atoms with Crippen LogP contribution in [-0.2, 0) is 21.4 Å². The van der Waals surface area contributed by atoms with Crippen molar-refractivity contribution < 1.29 is 18.3 Å². The highest BCUT2D eigenvalue weighted by molar-refractivity contribution is 7.93. The molecule has 0 saturated heterocycles. The summed E-state index contributed by atoms with van der Waals surface area (Å²) in [6.07, 6.45) is 2.43. The summed E-state index contributed by atoms with van der Waals surface area (Å²) in [4.78, 5) is 10.3. The van der Waals surface area contributed by atoms with Crippen molar-refractivity contribution in [3.63, 3.8) is 0 Å². The summed E-state index contributed by atoms with van der Waals surface area (Å²) < 4.78 is 27.8. The standard InChI is InChI=1S/C11H9Cl2N3O4S/c12-8-2-1-3-9(13)11(8)21(19,20)15-7-4-14-16(5-7)6-10(17)18/h1-5,15H,6H2,(H,17,18). The maximum absolute atomic E-state index is 12.2. The molecule has 112 valence electrons. The van der Waals surface area contributed by atoms with Crippen molar-refractivity contribution in [3.8, 4) is 0 Å². The Balaban J connectivity index is 2.29. The summed E-state index contributed by atoms with van der Waals surface area (Å²) >= 11 is 11.7. The third-order valence-electron chi connectivity index (χ3n) is 2.37. The number of rotatable bonds is 5. The summed E-state index contributed by atoms with van der Waals surface area (Å²) in [6.45, 7) is -0.380. The van der Waals surface area contributed by atoms with Crippen LogP contribution in [0.15, 0.2) is 35.5 Å². The molecule has 1 heterocycles. The number of nitrogens with zero attached hydrogens (tertiary/aromatic N) is 2. The maximum Gasteiger partial charge on any atom is 0.325 e. The molecule has 7 nitrogen and oxygen atoms in total. The van der Waals surface area contributed by atoms with E-state index in [1.165, 1.54) is 30.6 Å². The molecule has 0 unspecified atom stereocenters. The number of carboxylic acids is 1. The van der Waals surface area contributed by atoms with Gasteiger partial charge in [-0.05, 0) is 12.1 Å². The molecule has 2 aromatic rings. The van der Waals surface area contributed by atoms with Crippen molar-refractivity contribution in [2.24, 2.45) is 0 Å². The van der Waals surface area contributed by atoms with Gasteiger partial charge in [0.05, 0.1) is 21.9 Å². The number of hydrogen-bond acceptors (Lipinski definition) is 4. The zero-order valence-corrected chi connectivity index (χ0v) is 12.7. The second kappa shape index (κ2) is 5.92. The van der Waals surface area contributed by atoms with Gasteiger partial charge < -0.3 is 5.11 Å². The van der Waals surface area contributed by atoms with Crippen molar-refractivity contribution in [1.29, 1.82) is 0 Å². The lowest BCUT2D eigenvalue weighted by atomic mass is 10.4. The number of aliphatic carboxylic acids is 1. The molecule has 0 radical (unpaired) electrons. The first kappa shape index (κ1) is 15.6. The second-order valence-electron chi connectivity index (χ2n) is 3.98. The summed E-state index contributed by atoms with van der Waals surface area (Å²) in [7, 11) is -4.00. The zero-order valence-electron chi connectivity index (χ0n) is 10.3. The average molecular weight is 350 g/mol. The van der Waals surface area contributed by atoms with Crippen molar-refractivity contribution in [1.82, 2.24) is 9.78 Å². The number of halogens is 2. The average Bonchev–Trinajstić information content (AvgIpc) is 2.73. The van der Waals surface area contributed by atoms with Crippen molar-refractivity contribution in [2.45, 2.75) is 11.4 Å². The smallest absolute Gasteiger partial charge is 0.325 e. The van der Waals surface area contributed by atoms with Gasteiger partial charge in [-0.3, -0.25) is 14.2 Å². The summed E-state index contributed by atoms with van der Waals surface area (Å²) in [5, 5.41) is 12.3. The Morgan fingerprint density at radius 3 is 2.52 bits per heavy atom. The first-order valence-corrected chi connectivity index (χ1v) is 7.74. The van der Waals surface area contributed by atoms with Gasteiger partial charge in [0.1, 0.15) is 11.4 Å². The number of nitrogens with one attached hydrogen (secondary N) is 1. The summed E-state index contributed by atoms with van der Waals surface area (Å²) in [5.41, 5.74) is 0.104. The molecular weight excluding hydrogens is 341 g/mol. The van der Waals surface area contributed by atoms with E-state index in [2.05, 4.69) is 9.82 Å². The minimum atomic E-state index is -4.00. The van der Waals surface area contributed by atoms with E-state index in [0.717, 1.165) is 4.68 Å². The van der Waals surface area contributed by atoms with Crippen LogP contribution in [-0.4, -0.2) is 29.3 Å². The number of sulfonamides is 1. The van der Waals surface area contributed by atoms with Crippen molar-refractivity contribution >= 4 is 44.9 Å². The molecule has 0 atom stereocenters. The molecule has 0 saturated carbocycles. The van der Waals surface area contributed by atoms with Crippen LogP contribution in [0.5, 0.6) is 0 Å². The fraction of sp³-hybridized carbons (Fsp3) is 0.0909. The summed E-state index contributed by atoms with van der Waals surface area (Å²) in [5.74, 6) is -1.10. The Bertz CT molecular complexity index is 768. The Kier molecular flexibility index (Phi) is 4.40. The van der Waals surface area contributed by atoms with E-state index in [9.17, 15) is 13.2 Å². The van der Waals surface area contributed by atoms with Crippen LogP contribution in [0, 0.1) is 0 Å². The fourth-order valence-corrected chi connectivity index (χ4v) is 3.76. The molecule has 2 N–H and O–H groups in total. The van der Waals surface area contributed by atoms with Gasteiger partial charge in [-0.2, -0.15) is 5.10 Å². The Morgan fingerprint density at radius 1 is 1.33 bits per heavy atom. The van der Waals surface area contributed by atoms with Crippen LogP contribution >= 0.6 is 23.2 Å². The molecule has 21 heavy (non-hydrogen) atoms. The van der Waals surface area contributed by atoms with E-state index in [0.29, 0.717) is 0 Å². The lowest BCUT2D eigenvalue weighted by Crippen LogP contribution is -2.14. The molecule has 0 fully saturated rings. The van der Waals surface area contributed by atoms with Crippen molar-refractivity contribution in [2.75, 3.05) is 4.72 Å². The van der Waals surface area contributed by atoms with Gasteiger partial charge in [0.15, 0.2) is 0 Å². The van der Waals surface area contributed by atoms with Crippen molar-refractivity contribution in [3.05, 3.63) is 40.6 Å². The highest BCUT2D eigenvalue weighted by Gasteiger charge is 2.22. The minimum absolute atomic E-state index is 0.0204. The number of carbonyl (C=O) groups is 1. The molecule has 0 bridgehead atoms. The lowest BCUT2D eigenvalue weighted by Gasteiger charge is -2.09. The number of aromatic nitrogens is 2. The predicted molar refractivity (Wildman–Crippen MR) is 77.1 cm³/mol. The van der Waals surface area contributed by atoms with E-state index in [4.69, 9.17) is 28.3 Å². The van der Waals surface area contributed by atoms with Crippen LogP contribution < -0.4 is 4.72 Å². The lowest BCUT2D eigenvalue weighted by molar-refractivity contribution is -0.137. The largest absolute Gasteiger partial charge is 0.480 e. The fourth-order valence-electron chi connectivity index (χ4n) is 1.59. The van der Waals surface area contributed by atoms with Gasteiger partial charge in [0.2, 0.25) is 0 Å². The molecule has 0 aliphatic heterocycles. The molecule has 10 heteroatoms. The Morgan fingerprint density at radius 2 is 1.95 bits per heavy atom. The quantitative estimate of drug-likeness (QED) is 0.860. The number of benzene rings is 1. The molecular formula is C11H9Cl2N3O4S. The van der Waals surface area contributed by atoms with E-state index < -0.39 is 16.0 Å². The normalized spacial score (nSPS) is 11.3. The minimum Gasteiger partial charge on any atom is -0.480 e. The third kappa shape index (κ3) is 3.66. The molecule has 1 aromatic heterocycles. The number of hydrogen-bond donors (Lipinski definition) is 2. The van der Waals surface area contributed by atoms with E-state index in [1.807, 2.05) is 0 Å². The van der Waals surface area contributed by atoms with Gasteiger partial charge >= 0.3 is 5.97 Å². The number of carboxylic acid groups (broad SMARTS) is 1. The summed E-state index contributed by atoms with van der Waals surface area (Å²) in [6, 6.07) is 4.32. The molecule has 2 rings (SSSR count). The molecule has 0 spiro atoms. The SMILES string of the molecule is O=C(O)Cn1cc(NS(=O)(=O)c2c(Cl)cccc2Cl)cn1. The first-order chi connectivity index (χ1) is 9.79. The van der Waals surface area contributed by atoms with Gasteiger partial charge in [-0.15, -0.1) is 0 Å². The Labute approximate surface area is 130 Å². The molecule has 0 aliphatic carbocycles. The maximum atomic E-state index is 12.2. The highest BCUT2D eigenvalue weighted by atomic mass is 35.5. The van der Waals surface area contributed by atoms with Crippen LogP contribution in [0.25, 0.3) is 0 Å². The van der Waals surface area contributed by atoms with Gasteiger partial charge in [-0.25, -0.2) is 8.42 Å². The van der Waals surface area contributed by atoms with Crippen LogP contribution in [0.3, 0.4) is 0 Å². The van der Waals surface area contributed by atoms with E-state index in [-0.39, 0.29) is 27.2 Å². The topological polar surface area (TPSA) is 101 Å². The van der Waals surface area contributed by atoms with Crippen LogP contribution in [0.4, 0.5) is 5.69 Å². The number of anilines is 1. The van der Waals surface area contributed by atoms with Crippen LogP contribution in [0.1, 0.15) is 0 Å². The zero-order chi connectivity index (χ0) is 15.6. The molecule has 1 aromatic carbocycles. The Hall–Kier alpha value is -1.77. The predicted octanol–water partition coefficient (Wildman–Crippen LogP) is 2.08.